The van der Waals surface area contributed by atoms with Crippen molar-refractivity contribution in [1.29, 1.82) is 0 Å². The fourth-order valence-corrected chi connectivity index (χ4v) is 1.62. The van der Waals surface area contributed by atoms with E-state index in [9.17, 15) is 23.2 Å². The lowest BCUT2D eigenvalue weighted by Gasteiger charge is -2.13. The van der Waals surface area contributed by atoms with E-state index in [2.05, 4.69) is 10.1 Å². The van der Waals surface area contributed by atoms with Gasteiger partial charge in [-0.05, 0) is 25.5 Å². The summed E-state index contributed by atoms with van der Waals surface area (Å²) in [5, 5.41) is 11.1. The van der Waals surface area contributed by atoms with Gasteiger partial charge in [-0.3, -0.25) is 4.79 Å². The van der Waals surface area contributed by atoms with E-state index in [0.29, 0.717) is 6.07 Å². The molecule has 0 bridgehead atoms. The molecule has 1 aromatic rings. The van der Waals surface area contributed by atoms with E-state index in [-0.39, 0.29) is 13.0 Å². The van der Waals surface area contributed by atoms with E-state index in [1.54, 1.807) is 6.92 Å². The Labute approximate surface area is 130 Å². The molecule has 1 atom stereocenters. The van der Waals surface area contributed by atoms with Gasteiger partial charge in [0.15, 0.2) is 0 Å². The number of benzene rings is 1. The fourth-order valence-electron chi connectivity index (χ4n) is 1.62. The molecule has 1 aromatic carbocycles. The van der Waals surface area contributed by atoms with Crippen LogP contribution in [-0.2, 0) is 14.3 Å². The molecular formula is C15H15F2NO5. The van der Waals surface area contributed by atoms with E-state index in [1.807, 2.05) is 0 Å². The number of rotatable bonds is 7. The highest BCUT2D eigenvalue weighted by atomic mass is 19.1. The standard InChI is InChI=1S/C15H15F2NO5/c1-2-23-13(19)5-3-4-12(15(21)22)18-14(20)10-7-6-9(16)8-11(10)17/h3,5-8,12H,2,4H2,1H3,(H,18,20)(H,21,22)/b5-3+/t12-/m1/s1. The number of aliphatic carboxylic acids is 1. The van der Waals surface area contributed by atoms with Crippen LogP contribution in [0, 0.1) is 11.6 Å². The van der Waals surface area contributed by atoms with Gasteiger partial charge in [0, 0.05) is 12.1 Å². The Balaban J connectivity index is 2.74. The molecule has 0 aromatic heterocycles. The van der Waals surface area contributed by atoms with Crippen molar-refractivity contribution >= 4 is 17.8 Å². The number of carboxylic acids is 1. The SMILES string of the molecule is CCOC(=O)/C=C/C[C@@H](NC(=O)c1ccc(F)cc1F)C(=O)O. The molecule has 0 aliphatic carbocycles. The molecule has 0 fully saturated rings. The summed E-state index contributed by atoms with van der Waals surface area (Å²) in [6.07, 6.45) is 2.05. The zero-order valence-electron chi connectivity index (χ0n) is 12.2. The molecule has 0 aliphatic rings. The number of nitrogens with one attached hydrogen (secondary N) is 1. The van der Waals surface area contributed by atoms with Gasteiger partial charge in [-0.1, -0.05) is 6.08 Å². The summed E-state index contributed by atoms with van der Waals surface area (Å²) in [6.45, 7) is 1.79. The lowest BCUT2D eigenvalue weighted by Crippen LogP contribution is -2.40. The van der Waals surface area contributed by atoms with Crippen molar-refractivity contribution < 1.29 is 33.0 Å². The van der Waals surface area contributed by atoms with Gasteiger partial charge in [0.05, 0.1) is 12.2 Å². The molecule has 6 nitrogen and oxygen atoms in total. The molecule has 0 heterocycles. The first kappa shape index (κ1) is 18.3. The van der Waals surface area contributed by atoms with Crippen molar-refractivity contribution in [2.24, 2.45) is 0 Å². The number of halogens is 2. The third kappa shape index (κ3) is 5.85. The van der Waals surface area contributed by atoms with E-state index >= 15 is 0 Å². The summed E-state index contributed by atoms with van der Waals surface area (Å²) in [6, 6.07) is 0.935. The zero-order valence-corrected chi connectivity index (χ0v) is 12.2. The average Bonchev–Trinajstić information content (AvgIpc) is 2.46. The zero-order chi connectivity index (χ0) is 17.4. The quantitative estimate of drug-likeness (QED) is 0.587. The molecule has 1 amide bonds. The van der Waals surface area contributed by atoms with E-state index in [1.165, 1.54) is 6.08 Å². The summed E-state index contributed by atoms with van der Waals surface area (Å²) in [5.74, 6) is -4.97. The van der Waals surface area contributed by atoms with Crippen molar-refractivity contribution in [2.45, 2.75) is 19.4 Å². The second-order valence-electron chi connectivity index (χ2n) is 4.38. The summed E-state index contributed by atoms with van der Waals surface area (Å²) < 4.78 is 30.9. The fraction of sp³-hybridized carbons (Fsp3) is 0.267. The Kier molecular flexibility index (Phi) is 6.85. The van der Waals surface area contributed by atoms with Crippen molar-refractivity contribution in [3.8, 4) is 0 Å². The molecule has 0 saturated heterocycles. The molecular weight excluding hydrogens is 312 g/mol. The minimum absolute atomic E-state index is 0.173. The van der Waals surface area contributed by atoms with Gasteiger partial charge in [-0.2, -0.15) is 0 Å². The minimum Gasteiger partial charge on any atom is -0.480 e. The molecule has 0 unspecified atom stereocenters. The van der Waals surface area contributed by atoms with Crippen LogP contribution in [0.5, 0.6) is 0 Å². The Hall–Kier alpha value is -2.77. The maximum atomic E-state index is 13.5. The van der Waals surface area contributed by atoms with Crippen LogP contribution in [0.25, 0.3) is 0 Å². The van der Waals surface area contributed by atoms with Crippen molar-refractivity contribution in [2.75, 3.05) is 6.61 Å². The van der Waals surface area contributed by atoms with Crippen LogP contribution in [0.15, 0.2) is 30.4 Å². The topological polar surface area (TPSA) is 92.7 Å². The molecule has 0 spiro atoms. The smallest absolute Gasteiger partial charge is 0.330 e. The normalized spacial score (nSPS) is 12.0. The number of carbonyl (C=O) groups is 3. The molecule has 8 heteroatoms. The van der Waals surface area contributed by atoms with Crippen molar-refractivity contribution in [1.82, 2.24) is 5.32 Å². The number of ether oxygens (including phenoxy) is 1. The first-order valence-electron chi connectivity index (χ1n) is 6.67. The third-order valence-electron chi connectivity index (χ3n) is 2.69. The van der Waals surface area contributed by atoms with Crippen LogP contribution in [-0.4, -0.2) is 35.6 Å². The number of hydrogen-bond acceptors (Lipinski definition) is 4. The number of carboxylic acid groups (broad SMARTS) is 1. The highest BCUT2D eigenvalue weighted by Gasteiger charge is 2.21. The number of esters is 1. The molecule has 0 aliphatic heterocycles. The molecule has 23 heavy (non-hydrogen) atoms. The van der Waals surface area contributed by atoms with Crippen LogP contribution in [0.2, 0.25) is 0 Å². The molecule has 1 rings (SSSR count). The summed E-state index contributed by atoms with van der Waals surface area (Å²) in [7, 11) is 0. The van der Waals surface area contributed by atoms with Gasteiger partial charge in [0.2, 0.25) is 0 Å². The number of carbonyl (C=O) groups excluding carboxylic acids is 2. The second-order valence-corrected chi connectivity index (χ2v) is 4.38. The highest BCUT2D eigenvalue weighted by molar-refractivity contribution is 5.96. The predicted molar refractivity (Wildman–Crippen MR) is 75.6 cm³/mol. The molecule has 0 saturated carbocycles. The van der Waals surface area contributed by atoms with Gasteiger partial charge in [0.1, 0.15) is 17.7 Å². The third-order valence-corrected chi connectivity index (χ3v) is 2.69. The Bertz CT molecular complexity index is 630. The van der Waals surface area contributed by atoms with E-state index in [0.717, 1.165) is 18.2 Å². The maximum Gasteiger partial charge on any atom is 0.330 e. The van der Waals surface area contributed by atoms with Gasteiger partial charge < -0.3 is 15.2 Å². The lowest BCUT2D eigenvalue weighted by molar-refractivity contribution is -0.139. The monoisotopic (exact) mass is 327 g/mol. The lowest BCUT2D eigenvalue weighted by atomic mass is 10.1. The van der Waals surface area contributed by atoms with Crippen LogP contribution in [0.1, 0.15) is 23.7 Å². The van der Waals surface area contributed by atoms with Gasteiger partial charge >= 0.3 is 11.9 Å². The highest BCUT2D eigenvalue weighted by Crippen LogP contribution is 2.10. The summed E-state index contributed by atoms with van der Waals surface area (Å²) in [4.78, 5) is 34.0. The van der Waals surface area contributed by atoms with Crippen LogP contribution < -0.4 is 5.32 Å². The second kappa shape index (κ2) is 8.62. The molecule has 0 radical (unpaired) electrons. The van der Waals surface area contributed by atoms with E-state index < -0.39 is 41.1 Å². The van der Waals surface area contributed by atoms with Crippen LogP contribution >= 0.6 is 0 Å². The first-order chi connectivity index (χ1) is 10.8. The van der Waals surface area contributed by atoms with E-state index in [4.69, 9.17) is 5.11 Å². The van der Waals surface area contributed by atoms with Gasteiger partial charge in [-0.15, -0.1) is 0 Å². The predicted octanol–water partition coefficient (Wildman–Crippen LogP) is 1.66. The van der Waals surface area contributed by atoms with Gasteiger partial charge in [0.25, 0.3) is 5.91 Å². The molecule has 2 N–H and O–H groups in total. The Morgan fingerprint density at radius 2 is 2.04 bits per heavy atom. The minimum atomic E-state index is -1.38. The van der Waals surface area contributed by atoms with Gasteiger partial charge in [-0.25, -0.2) is 18.4 Å². The van der Waals surface area contributed by atoms with Crippen LogP contribution in [0.3, 0.4) is 0 Å². The largest absolute Gasteiger partial charge is 0.480 e. The Morgan fingerprint density at radius 1 is 1.35 bits per heavy atom. The maximum absolute atomic E-state index is 13.5. The average molecular weight is 327 g/mol. The van der Waals surface area contributed by atoms with Crippen molar-refractivity contribution in [3.05, 3.63) is 47.5 Å². The van der Waals surface area contributed by atoms with Crippen molar-refractivity contribution in [3.63, 3.8) is 0 Å². The number of amides is 1. The first-order valence-corrected chi connectivity index (χ1v) is 6.67. The summed E-state index contributed by atoms with van der Waals surface area (Å²) >= 11 is 0. The number of hydrogen-bond donors (Lipinski definition) is 2. The van der Waals surface area contributed by atoms with Crippen LogP contribution in [0.4, 0.5) is 8.78 Å². The summed E-state index contributed by atoms with van der Waals surface area (Å²) in [5.41, 5.74) is -0.480. The Morgan fingerprint density at radius 3 is 2.61 bits per heavy atom. The molecule has 124 valence electrons.